The molecule has 0 amide bonds. The summed E-state index contributed by atoms with van der Waals surface area (Å²) < 4.78 is 0. The van der Waals surface area contributed by atoms with Crippen LogP contribution in [0, 0.1) is 0 Å². The second-order valence-corrected chi connectivity index (χ2v) is 5.34. The highest BCUT2D eigenvalue weighted by atomic mass is 35.5. The topological polar surface area (TPSA) is 65.2 Å². The molecule has 98 valence electrons. The van der Waals surface area contributed by atoms with E-state index < -0.39 is 9.67 Å². The molecule has 1 rings (SSSR count). The zero-order valence-corrected chi connectivity index (χ0v) is 11.8. The molecule has 1 aromatic rings. The Morgan fingerprint density at radius 1 is 0.778 bits per heavy atom. The normalized spacial score (nSPS) is 13.4. The van der Waals surface area contributed by atoms with Crippen molar-refractivity contribution in [2.45, 2.75) is 9.67 Å². The summed E-state index contributed by atoms with van der Waals surface area (Å²) in [5.41, 5.74) is 1.27. The molecule has 0 aliphatic heterocycles. The summed E-state index contributed by atoms with van der Waals surface area (Å²) >= 11 is 22.5. The number of halogens is 4. The maximum atomic E-state index is 8.78. The van der Waals surface area contributed by atoms with Gasteiger partial charge in [-0.1, -0.05) is 81.0 Å². The predicted molar refractivity (Wildman–Crippen MR) is 74.1 cm³/mol. The average molecular weight is 330 g/mol. The molecule has 2 N–H and O–H groups in total. The second-order valence-electron chi connectivity index (χ2n) is 3.15. The fourth-order valence-electron chi connectivity index (χ4n) is 1.27. The quantitative estimate of drug-likeness (QED) is 0.383. The van der Waals surface area contributed by atoms with Crippen molar-refractivity contribution in [3.63, 3.8) is 0 Å². The van der Waals surface area contributed by atoms with Gasteiger partial charge in [0.15, 0.2) is 9.67 Å². The van der Waals surface area contributed by atoms with Crippen molar-refractivity contribution in [2.75, 3.05) is 0 Å². The van der Waals surface area contributed by atoms with Crippen molar-refractivity contribution in [1.82, 2.24) is 0 Å². The molecule has 0 heterocycles. The van der Waals surface area contributed by atoms with Gasteiger partial charge in [0.05, 0.1) is 0 Å². The lowest BCUT2D eigenvalue weighted by Gasteiger charge is -2.08. The molecule has 0 aromatic heterocycles. The lowest BCUT2D eigenvalue weighted by Crippen LogP contribution is -2.12. The highest BCUT2D eigenvalue weighted by Crippen LogP contribution is 2.17. The van der Waals surface area contributed by atoms with Crippen molar-refractivity contribution in [3.8, 4) is 0 Å². The number of rotatable bonds is 4. The van der Waals surface area contributed by atoms with E-state index in [1.54, 1.807) is 24.3 Å². The Morgan fingerprint density at radius 3 is 1.22 bits per heavy atom. The van der Waals surface area contributed by atoms with Crippen LogP contribution in [-0.2, 0) is 0 Å². The molecule has 0 saturated carbocycles. The SMILES string of the molecule is O/N=C(/c1ccc(/C(=N/O)C(Cl)Cl)cc1)C(Cl)Cl. The van der Waals surface area contributed by atoms with E-state index in [0.717, 1.165) is 0 Å². The summed E-state index contributed by atoms with van der Waals surface area (Å²) in [5, 5.41) is 23.6. The Labute approximate surface area is 123 Å². The van der Waals surface area contributed by atoms with E-state index in [1.165, 1.54) is 0 Å². The summed E-state index contributed by atoms with van der Waals surface area (Å²) in [6.07, 6.45) is 0. The number of benzene rings is 1. The molecular weight excluding hydrogens is 322 g/mol. The minimum Gasteiger partial charge on any atom is -0.411 e. The first-order chi connectivity index (χ1) is 8.51. The lowest BCUT2D eigenvalue weighted by atomic mass is 10.1. The van der Waals surface area contributed by atoms with Crippen LogP contribution in [0.1, 0.15) is 11.1 Å². The van der Waals surface area contributed by atoms with Gasteiger partial charge in [0.25, 0.3) is 0 Å². The molecule has 18 heavy (non-hydrogen) atoms. The molecule has 0 radical (unpaired) electrons. The highest BCUT2D eigenvalue weighted by molar-refractivity contribution is 6.56. The molecule has 0 fully saturated rings. The largest absolute Gasteiger partial charge is 0.411 e. The van der Waals surface area contributed by atoms with E-state index in [0.29, 0.717) is 11.1 Å². The first kappa shape index (κ1) is 15.4. The number of alkyl halides is 4. The summed E-state index contributed by atoms with van der Waals surface area (Å²) in [7, 11) is 0. The molecular formula is C10H8Cl4N2O2. The van der Waals surface area contributed by atoms with E-state index in [9.17, 15) is 0 Å². The van der Waals surface area contributed by atoms with Gasteiger partial charge in [-0.15, -0.1) is 0 Å². The third kappa shape index (κ3) is 3.65. The number of nitrogens with zero attached hydrogens (tertiary/aromatic N) is 2. The highest BCUT2D eigenvalue weighted by Gasteiger charge is 2.16. The number of oxime groups is 2. The third-order valence-corrected chi connectivity index (χ3v) is 2.93. The van der Waals surface area contributed by atoms with E-state index in [4.69, 9.17) is 56.8 Å². The van der Waals surface area contributed by atoms with Gasteiger partial charge < -0.3 is 10.4 Å². The van der Waals surface area contributed by atoms with Crippen LogP contribution in [0.3, 0.4) is 0 Å². The van der Waals surface area contributed by atoms with Crippen LogP contribution < -0.4 is 0 Å². The van der Waals surface area contributed by atoms with Gasteiger partial charge in [-0.05, 0) is 0 Å². The maximum absolute atomic E-state index is 8.78. The van der Waals surface area contributed by atoms with E-state index in [2.05, 4.69) is 10.3 Å². The Bertz CT molecular complexity index is 414. The second kappa shape index (κ2) is 7.04. The zero-order chi connectivity index (χ0) is 13.7. The van der Waals surface area contributed by atoms with Gasteiger partial charge >= 0.3 is 0 Å². The van der Waals surface area contributed by atoms with Crippen LogP contribution in [0.4, 0.5) is 0 Å². The zero-order valence-electron chi connectivity index (χ0n) is 8.76. The van der Waals surface area contributed by atoms with Crippen LogP contribution in [0.15, 0.2) is 34.6 Å². The molecule has 0 atom stereocenters. The summed E-state index contributed by atoms with van der Waals surface area (Å²) in [5.74, 6) is 0. The monoisotopic (exact) mass is 328 g/mol. The number of hydrogen-bond acceptors (Lipinski definition) is 4. The first-order valence-corrected chi connectivity index (χ1v) is 6.36. The van der Waals surface area contributed by atoms with Crippen molar-refractivity contribution in [3.05, 3.63) is 35.4 Å². The molecule has 0 aliphatic rings. The average Bonchev–Trinajstić information content (AvgIpc) is 2.32. The van der Waals surface area contributed by atoms with Gasteiger partial charge in [-0.3, -0.25) is 0 Å². The number of hydrogen-bond donors (Lipinski definition) is 2. The smallest absolute Gasteiger partial charge is 0.153 e. The van der Waals surface area contributed by atoms with E-state index in [-0.39, 0.29) is 11.4 Å². The van der Waals surface area contributed by atoms with Crippen LogP contribution in [0.25, 0.3) is 0 Å². The Hall–Kier alpha value is -0.680. The molecule has 0 bridgehead atoms. The summed E-state index contributed by atoms with van der Waals surface area (Å²) in [6.45, 7) is 0. The molecule has 4 nitrogen and oxygen atoms in total. The van der Waals surface area contributed by atoms with Crippen LogP contribution >= 0.6 is 46.4 Å². The summed E-state index contributed by atoms with van der Waals surface area (Å²) in [4.78, 5) is -1.92. The maximum Gasteiger partial charge on any atom is 0.153 e. The first-order valence-electron chi connectivity index (χ1n) is 4.62. The fourth-order valence-corrected chi connectivity index (χ4v) is 1.95. The summed E-state index contributed by atoms with van der Waals surface area (Å²) in [6, 6.07) is 6.35. The molecule has 0 saturated heterocycles. The molecule has 1 aromatic carbocycles. The Kier molecular flexibility index (Phi) is 6.02. The van der Waals surface area contributed by atoms with Crippen LogP contribution in [0.5, 0.6) is 0 Å². The fraction of sp³-hybridized carbons (Fsp3) is 0.200. The molecule has 0 unspecified atom stereocenters. The lowest BCUT2D eigenvalue weighted by molar-refractivity contribution is 0.318. The van der Waals surface area contributed by atoms with E-state index in [1.807, 2.05) is 0 Å². The van der Waals surface area contributed by atoms with Gasteiger partial charge in [0.1, 0.15) is 11.4 Å². The standard InChI is InChI=1S/C10H8Cl4N2O2/c11-9(12)7(15-17)5-1-2-6(4-3-5)8(16-18)10(13)14/h1-4,9-10,17-18H/b15-7-,16-8-. The van der Waals surface area contributed by atoms with Gasteiger partial charge in [0.2, 0.25) is 0 Å². The van der Waals surface area contributed by atoms with Crippen molar-refractivity contribution < 1.29 is 10.4 Å². The predicted octanol–water partition coefficient (Wildman–Crippen LogP) is 3.65. The molecule has 8 heteroatoms. The Balaban J connectivity index is 3.07. The van der Waals surface area contributed by atoms with Crippen LogP contribution in [0.2, 0.25) is 0 Å². The minimum absolute atomic E-state index is 0.112. The van der Waals surface area contributed by atoms with Crippen molar-refractivity contribution >= 4 is 57.8 Å². The van der Waals surface area contributed by atoms with Gasteiger partial charge in [-0.25, -0.2) is 0 Å². The Morgan fingerprint density at radius 2 is 1.06 bits per heavy atom. The van der Waals surface area contributed by atoms with E-state index >= 15 is 0 Å². The van der Waals surface area contributed by atoms with Crippen LogP contribution in [-0.4, -0.2) is 31.5 Å². The van der Waals surface area contributed by atoms with Crippen molar-refractivity contribution in [1.29, 1.82) is 0 Å². The van der Waals surface area contributed by atoms with Gasteiger partial charge in [-0.2, -0.15) is 0 Å². The van der Waals surface area contributed by atoms with Crippen molar-refractivity contribution in [2.24, 2.45) is 10.3 Å². The minimum atomic E-state index is -0.958. The third-order valence-electron chi connectivity index (χ3n) is 2.11. The molecule has 0 spiro atoms. The van der Waals surface area contributed by atoms with Gasteiger partial charge in [0, 0.05) is 11.1 Å². The molecule has 0 aliphatic carbocycles.